The topological polar surface area (TPSA) is 61.6 Å². The van der Waals surface area contributed by atoms with Crippen molar-refractivity contribution in [3.63, 3.8) is 0 Å². The number of aryl methyl sites for hydroxylation is 1. The molecule has 0 saturated carbocycles. The summed E-state index contributed by atoms with van der Waals surface area (Å²) in [5, 5.41) is 14.2. The molecule has 2 fully saturated rings. The zero-order valence-electron chi connectivity index (χ0n) is 15.8. The van der Waals surface area contributed by atoms with Crippen molar-refractivity contribution >= 4 is 5.91 Å². The van der Waals surface area contributed by atoms with E-state index in [-0.39, 0.29) is 18.4 Å². The molecular weight excluding hydrogens is 316 g/mol. The van der Waals surface area contributed by atoms with Crippen LogP contribution in [0.25, 0.3) is 0 Å². The predicted molar refractivity (Wildman–Crippen MR) is 97.6 cm³/mol. The van der Waals surface area contributed by atoms with E-state index in [1.807, 2.05) is 18.0 Å². The van der Waals surface area contributed by atoms with Crippen LogP contribution in [-0.2, 0) is 7.05 Å². The summed E-state index contributed by atoms with van der Waals surface area (Å²) in [6.07, 6.45) is 3.58. The van der Waals surface area contributed by atoms with Gasteiger partial charge in [-0.25, -0.2) is 0 Å². The first-order valence-corrected chi connectivity index (χ1v) is 9.64. The van der Waals surface area contributed by atoms with Crippen LogP contribution in [0.1, 0.15) is 55.2 Å². The van der Waals surface area contributed by atoms with E-state index in [1.54, 1.807) is 4.68 Å². The number of amides is 1. The minimum Gasteiger partial charge on any atom is -0.396 e. The Morgan fingerprint density at radius 2 is 1.96 bits per heavy atom. The van der Waals surface area contributed by atoms with Gasteiger partial charge in [-0.2, -0.15) is 5.10 Å². The minimum atomic E-state index is 0.0477. The van der Waals surface area contributed by atoms with Gasteiger partial charge in [-0.3, -0.25) is 9.48 Å². The van der Waals surface area contributed by atoms with Gasteiger partial charge in [-0.1, -0.05) is 13.8 Å². The summed E-state index contributed by atoms with van der Waals surface area (Å²) >= 11 is 0. The summed E-state index contributed by atoms with van der Waals surface area (Å²) in [5.41, 5.74) is 1.61. The smallest absolute Gasteiger partial charge is 0.272 e. The lowest BCUT2D eigenvalue weighted by Crippen LogP contribution is -2.48. The van der Waals surface area contributed by atoms with Gasteiger partial charge in [-0.15, -0.1) is 0 Å². The minimum absolute atomic E-state index is 0.0477. The Morgan fingerprint density at radius 1 is 1.28 bits per heavy atom. The Labute approximate surface area is 150 Å². The highest BCUT2D eigenvalue weighted by Gasteiger charge is 2.32. The predicted octanol–water partition coefficient (Wildman–Crippen LogP) is 1.71. The molecule has 0 aromatic carbocycles. The van der Waals surface area contributed by atoms with Crippen LogP contribution in [-0.4, -0.2) is 69.9 Å². The lowest BCUT2D eigenvalue weighted by atomic mass is 9.89. The standard InChI is InChI=1S/C19H32N4O2/c1-14(2)17-9-18(21(3)20-17)19(25)23-11-15(8-16(12-23)13-24)10-22-6-4-5-7-22/h9,14-16,24H,4-8,10-13H2,1-3H3/t15-,16-/m0/s1. The van der Waals surface area contributed by atoms with Gasteiger partial charge in [0.1, 0.15) is 5.69 Å². The molecule has 25 heavy (non-hydrogen) atoms. The van der Waals surface area contributed by atoms with Crippen LogP contribution in [0.15, 0.2) is 6.07 Å². The Bertz CT molecular complexity index is 592. The molecule has 140 valence electrons. The third-order valence-electron chi connectivity index (χ3n) is 5.59. The van der Waals surface area contributed by atoms with E-state index in [0.717, 1.165) is 25.2 Å². The van der Waals surface area contributed by atoms with Crippen LogP contribution in [0.4, 0.5) is 0 Å². The van der Waals surface area contributed by atoms with Gasteiger partial charge in [0, 0.05) is 33.3 Å². The molecule has 0 bridgehead atoms. The zero-order valence-corrected chi connectivity index (χ0v) is 15.8. The maximum absolute atomic E-state index is 13.1. The van der Waals surface area contributed by atoms with E-state index >= 15 is 0 Å². The van der Waals surface area contributed by atoms with Crippen LogP contribution in [0, 0.1) is 11.8 Å². The Hall–Kier alpha value is -1.40. The van der Waals surface area contributed by atoms with Gasteiger partial charge in [0.25, 0.3) is 5.91 Å². The lowest BCUT2D eigenvalue weighted by Gasteiger charge is -2.38. The second kappa shape index (κ2) is 7.87. The van der Waals surface area contributed by atoms with Gasteiger partial charge in [-0.05, 0) is 56.2 Å². The summed E-state index contributed by atoms with van der Waals surface area (Å²) in [5.74, 6) is 0.988. The molecule has 6 nitrogen and oxygen atoms in total. The molecule has 0 spiro atoms. The number of hydrogen-bond acceptors (Lipinski definition) is 4. The van der Waals surface area contributed by atoms with Crippen molar-refractivity contribution in [3.05, 3.63) is 17.5 Å². The van der Waals surface area contributed by atoms with Gasteiger partial charge in [0.2, 0.25) is 0 Å². The molecule has 0 radical (unpaired) electrons. The van der Waals surface area contributed by atoms with E-state index in [9.17, 15) is 9.90 Å². The average molecular weight is 348 g/mol. The number of hydrogen-bond donors (Lipinski definition) is 1. The number of piperidine rings is 1. The van der Waals surface area contributed by atoms with E-state index in [4.69, 9.17) is 0 Å². The van der Waals surface area contributed by atoms with Gasteiger partial charge < -0.3 is 14.9 Å². The number of aliphatic hydroxyl groups excluding tert-OH is 1. The second-order valence-electron chi connectivity index (χ2n) is 8.10. The molecule has 3 rings (SSSR count). The number of aliphatic hydroxyl groups is 1. The number of carbonyl (C=O) groups excluding carboxylic acids is 1. The lowest BCUT2D eigenvalue weighted by molar-refractivity contribution is 0.0456. The maximum Gasteiger partial charge on any atom is 0.272 e. The van der Waals surface area contributed by atoms with Crippen LogP contribution >= 0.6 is 0 Å². The first kappa shape index (κ1) is 18.4. The molecule has 1 aromatic rings. The van der Waals surface area contributed by atoms with Crippen LogP contribution in [0.5, 0.6) is 0 Å². The molecule has 2 aliphatic rings. The Balaban J connectivity index is 1.71. The normalized spacial score (nSPS) is 25.1. The summed E-state index contributed by atoms with van der Waals surface area (Å²) < 4.78 is 1.70. The van der Waals surface area contributed by atoms with Crippen LogP contribution < -0.4 is 0 Å². The van der Waals surface area contributed by atoms with Crippen LogP contribution in [0.2, 0.25) is 0 Å². The van der Waals surface area contributed by atoms with Crippen molar-refractivity contribution in [1.82, 2.24) is 19.6 Å². The largest absolute Gasteiger partial charge is 0.396 e. The van der Waals surface area contributed by atoms with Gasteiger partial charge in [0.15, 0.2) is 0 Å². The first-order valence-electron chi connectivity index (χ1n) is 9.64. The first-order chi connectivity index (χ1) is 12.0. The fourth-order valence-electron chi connectivity index (χ4n) is 4.21. The molecular formula is C19H32N4O2. The van der Waals surface area contributed by atoms with E-state index in [0.29, 0.717) is 24.1 Å². The van der Waals surface area contributed by atoms with Crippen molar-refractivity contribution in [2.45, 2.75) is 39.0 Å². The molecule has 0 unspecified atom stereocenters. The molecule has 1 amide bonds. The van der Waals surface area contributed by atoms with Gasteiger partial charge >= 0.3 is 0 Å². The van der Waals surface area contributed by atoms with Crippen molar-refractivity contribution < 1.29 is 9.90 Å². The average Bonchev–Trinajstić information content (AvgIpc) is 3.23. The summed E-state index contributed by atoms with van der Waals surface area (Å²) in [6.45, 7) is 9.16. The fraction of sp³-hybridized carbons (Fsp3) is 0.789. The van der Waals surface area contributed by atoms with Crippen molar-refractivity contribution in [2.24, 2.45) is 18.9 Å². The number of carbonyl (C=O) groups is 1. The number of nitrogens with zero attached hydrogens (tertiary/aromatic N) is 4. The SMILES string of the molecule is CC(C)c1cc(C(=O)N2C[C@@H](CO)C[C@@H](CN3CCCC3)C2)n(C)n1. The second-order valence-corrected chi connectivity index (χ2v) is 8.10. The maximum atomic E-state index is 13.1. The highest BCUT2D eigenvalue weighted by atomic mass is 16.3. The van der Waals surface area contributed by atoms with E-state index in [1.165, 1.54) is 25.9 Å². The Morgan fingerprint density at radius 3 is 2.56 bits per heavy atom. The number of aromatic nitrogens is 2. The van der Waals surface area contributed by atoms with Crippen molar-refractivity contribution in [2.75, 3.05) is 39.3 Å². The van der Waals surface area contributed by atoms with E-state index in [2.05, 4.69) is 23.8 Å². The third-order valence-corrected chi connectivity index (χ3v) is 5.59. The molecule has 6 heteroatoms. The monoisotopic (exact) mass is 348 g/mol. The molecule has 0 aliphatic carbocycles. The highest BCUT2D eigenvalue weighted by molar-refractivity contribution is 5.92. The van der Waals surface area contributed by atoms with Crippen molar-refractivity contribution in [3.8, 4) is 0 Å². The molecule has 3 heterocycles. The highest BCUT2D eigenvalue weighted by Crippen LogP contribution is 2.26. The van der Waals surface area contributed by atoms with Gasteiger partial charge in [0.05, 0.1) is 5.69 Å². The summed E-state index contributed by atoms with van der Waals surface area (Å²) in [6, 6.07) is 1.92. The van der Waals surface area contributed by atoms with Crippen LogP contribution in [0.3, 0.4) is 0 Å². The quantitative estimate of drug-likeness (QED) is 0.880. The Kier molecular flexibility index (Phi) is 5.79. The number of likely N-dealkylation sites (tertiary alicyclic amines) is 2. The zero-order chi connectivity index (χ0) is 18.0. The molecule has 2 aliphatic heterocycles. The fourth-order valence-corrected chi connectivity index (χ4v) is 4.21. The molecule has 2 atom stereocenters. The summed E-state index contributed by atoms with van der Waals surface area (Å²) in [4.78, 5) is 17.5. The molecule has 2 saturated heterocycles. The molecule has 1 N–H and O–H groups in total. The van der Waals surface area contributed by atoms with E-state index < -0.39 is 0 Å². The third kappa shape index (κ3) is 4.23. The van der Waals surface area contributed by atoms with Crippen molar-refractivity contribution in [1.29, 1.82) is 0 Å². The molecule has 1 aromatic heterocycles. The summed E-state index contributed by atoms with van der Waals surface area (Å²) in [7, 11) is 1.84. The number of rotatable bonds is 5.